The SMILES string of the molecule is COc1ccc([C@@H](CC(C)C)NC(=O)[C@@H](C)Oc2cccc(C)c2C)cc1. The first-order valence-electron chi connectivity index (χ1n) is 9.49. The quantitative estimate of drug-likeness (QED) is 0.714. The van der Waals surface area contributed by atoms with Crippen molar-refractivity contribution in [2.75, 3.05) is 7.11 Å². The number of benzene rings is 2. The van der Waals surface area contributed by atoms with E-state index in [2.05, 4.69) is 19.2 Å². The van der Waals surface area contributed by atoms with E-state index >= 15 is 0 Å². The summed E-state index contributed by atoms with van der Waals surface area (Å²) in [5, 5.41) is 3.15. The third-order valence-electron chi connectivity index (χ3n) is 4.77. The van der Waals surface area contributed by atoms with Crippen LogP contribution in [0.15, 0.2) is 42.5 Å². The van der Waals surface area contributed by atoms with Crippen LogP contribution in [0.5, 0.6) is 11.5 Å². The van der Waals surface area contributed by atoms with Crippen molar-refractivity contribution in [1.82, 2.24) is 5.32 Å². The smallest absolute Gasteiger partial charge is 0.261 e. The zero-order valence-electron chi connectivity index (χ0n) is 17.2. The minimum absolute atomic E-state index is 0.0620. The predicted molar refractivity (Wildman–Crippen MR) is 109 cm³/mol. The minimum atomic E-state index is -0.571. The summed E-state index contributed by atoms with van der Waals surface area (Å²) in [6.07, 6.45) is 0.285. The average molecular weight is 370 g/mol. The maximum Gasteiger partial charge on any atom is 0.261 e. The second-order valence-corrected chi connectivity index (χ2v) is 7.42. The highest BCUT2D eigenvalue weighted by Crippen LogP contribution is 2.25. The van der Waals surface area contributed by atoms with Crippen LogP contribution in [0.3, 0.4) is 0 Å². The standard InChI is InChI=1S/C23H31NO3/c1-15(2)14-21(19-10-12-20(26-6)13-11-19)24-23(25)18(5)27-22-9-7-8-16(3)17(22)4/h7-13,15,18,21H,14H2,1-6H3,(H,24,25)/t18-,21-/m1/s1. The zero-order valence-corrected chi connectivity index (χ0v) is 17.2. The van der Waals surface area contributed by atoms with Gasteiger partial charge in [-0.3, -0.25) is 4.79 Å². The van der Waals surface area contributed by atoms with Gasteiger partial charge in [-0.05, 0) is 68.0 Å². The molecule has 0 aliphatic carbocycles. The van der Waals surface area contributed by atoms with Crippen LogP contribution in [-0.2, 0) is 4.79 Å². The van der Waals surface area contributed by atoms with Crippen LogP contribution in [0.1, 0.15) is 49.9 Å². The fourth-order valence-electron chi connectivity index (χ4n) is 2.97. The van der Waals surface area contributed by atoms with Crippen LogP contribution >= 0.6 is 0 Å². The molecule has 2 aromatic rings. The molecule has 0 saturated carbocycles. The number of carbonyl (C=O) groups is 1. The van der Waals surface area contributed by atoms with E-state index in [0.29, 0.717) is 5.92 Å². The van der Waals surface area contributed by atoms with Crippen molar-refractivity contribution in [2.45, 2.75) is 53.2 Å². The molecule has 0 radical (unpaired) electrons. The Balaban J connectivity index is 2.10. The number of hydrogen-bond donors (Lipinski definition) is 1. The summed E-state index contributed by atoms with van der Waals surface area (Å²) in [4.78, 5) is 12.8. The monoisotopic (exact) mass is 369 g/mol. The highest BCUT2D eigenvalue weighted by atomic mass is 16.5. The van der Waals surface area contributed by atoms with Crippen LogP contribution in [0.4, 0.5) is 0 Å². The second kappa shape index (κ2) is 9.45. The molecular weight excluding hydrogens is 338 g/mol. The van der Waals surface area contributed by atoms with Gasteiger partial charge < -0.3 is 14.8 Å². The first-order chi connectivity index (χ1) is 12.8. The molecule has 4 heteroatoms. The number of amides is 1. The predicted octanol–water partition coefficient (Wildman–Crippen LogP) is 4.98. The molecule has 2 aromatic carbocycles. The molecule has 146 valence electrons. The lowest BCUT2D eigenvalue weighted by molar-refractivity contribution is -0.128. The Morgan fingerprint density at radius 1 is 1.04 bits per heavy atom. The molecule has 0 spiro atoms. The van der Waals surface area contributed by atoms with E-state index in [1.54, 1.807) is 14.0 Å². The average Bonchev–Trinajstić information content (AvgIpc) is 2.64. The highest BCUT2D eigenvalue weighted by Gasteiger charge is 2.22. The van der Waals surface area contributed by atoms with Crippen molar-refractivity contribution in [2.24, 2.45) is 5.92 Å². The number of carbonyl (C=O) groups excluding carboxylic acids is 1. The summed E-state index contributed by atoms with van der Waals surface area (Å²) in [7, 11) is 1.65. The summed E-state index contributed by atoms with van der Waals surface area (Å²) in [6.45, 7) is 10.1. The molecular formula is C23H31NO3. The Labute approximate surface area is 162 Å². The first-order valence-corrected chi connectivity index (χ1v) is 9.49. The number of methoxy groups -OCH3 is 1. The van der Waals surface area contributed by atoms with Crippen LogP contribution in [0.25, 0.3) is 0 Å². The van der Waals surface area contributed by atoms with E-state index in [9.17, 15) is 4.79 Å². The number of hydrogen-bond acceptors (Lipinski definition) is 3. The summed E-state index contributed by atoms with van der Waals surface area (Å²) < 4.78 is 11.2. The molecule has 0 bridgehead atoms. The van der Waals surface area contributed by atoms with E-state index < -0.39 is 6.10 Å². The lowest BCUT2D eigenvalue weighted by Gasteiger charge is -2.24. The Kier molecular flexibility index (Phi) is 7.28. The van der Waals surface area contributed by atoms with Gasteiger partial charge in [0.25, 0.3) is 5.91 Å². The lowest BCUT2D eigenvalue weighted by atomic mass is 9.96. The molecule has 0 aromatic heterocycles. The summed E-state index contributed by atoms with van der Waals surface area (Å²) >= 11 is 0. The Hall–Kier alpha value is -2.49. The van der Waals surface area contributed by atoms with Gasteiger partial charge in [0.2, 0.25) is 0 Å². The molecule has 0 saturated heterocycles. The van der Waals surface area contributed by atoms with Crippen LogP contribution in [-0.4, -0.2) is 19.1 Å². The third-order valence-corrected chi connectivity index (χ3v) is 4.77. The van der Waals surface area contributed by atoms with E-state index in [1.165, 1.54) is 0 Å². The van der Waals surface area contributed by atoms with Crippen molar-refractivity contribution >= 4 is 5.91 Å². The van der Waals surface area contributed by atoms with Crippen LogP contribution in [0, 0.1) is 19.8 Å². The first kappa shape index (κ1) is 20.8. The number of rotatable bonds is 8. The molecule has 2 rings (SSSR count). The fourth-order valence-corrected chi connectivity index (χ4v) is 2.97. The molecule has 0 aliphatic heterocycles. The maximum absolute atomic E-state index is 12.8. The molecule has 2 atom stereocenters. The molecule has 1 amide bonds. The minimum Gasteiger partial charge on any atom is -0.497 e. The molecule has 27 heavy (non-hydrogen) atoms. The Morgan fingerprint density at radius 3 is 2.30 bits per heavy atom. The third kappa shape index (κ3) is 5.75. The van der Waals surface area contributed by atoms with E-state index in [1.807, 2.05) is 56.3 Å². The van der Waals surface area contributed by atoms with E-state index in [-0.39, 0.29) is 11.9 Å². The van der Waals surface area contributed by atoms with Crippen molar-refractivity contribution in [1.29, 1.82) is 0 Å². The molecule has 4 nitrogen and oxygen atoms in total. The summed E-state index contributed by atoms with van der Waals surface area (Å²) in [6, 6.07) is 13.7. The fraction of sp³-hybridized carbons (Fsp3) is 0.435. The van der Waals surface area contributed by atoms with Gasteiger partial charge in [0.1, 0.15) is 11.5 Å². The molecule has 0 heterocycles. The van der Waals surface area contributed by atoms with Gasteiger partial charge in [-0.15, -0.1) is 0 Å². The second-order valence-electron chi connectivity index (χ2n) is 7.42. The van der Waals surface area contributed by atoms with Crippen molar-refractivity contribution < 1.29 is 14.3 Å². The van der Waals surface area contributed by atoms with Crippen molar-refractivity contribution in [3.8, 4) is 11.5 Å². The van der Waals surface area contributed by atoms with Crippen molar-refractivity contribution in [3.05, 3.63) is 59.2 Å². The lowest BCUT2D eigenvalue weighted by Crippen LogP contribution is -2.39. The topological polar surface area (TPSA) is 47.6 Å². The van der Waals surface area contributed by atoms with Gasteiger partial charge in [0.15, 0.2) is 6.10 Å². The van der Waals surface area contributed by atoms with Gasteiger partial charge in [-0.25, -0.2) is 0 Å². The van der Waals surface area contributed by atoms with E-state index in [0.717, 1.165) is 34.6 Å². The maximum atomic E-state index is 12.8. The Morgan fingerprint density at radius 2 is 1.70 bits per heavy atom. The number of ether oxygens (including phenoxy) is 2. The number of nitrogens with one attached hydrogen (secondary N) is 1. The normalized spacial score (nSPS) is 13.1. The van der Waals surface area contributed by atoms with Gasteiger partial charge in [0, 0.05) is 0 Å². The van der Waals surface area contributed by atoms with Gasteiger partial charge in [-0.1, -0.05) is 38.1 Å². The van der Waals surface area contributed by atoms with Crippen LogP contribution < -0.4 is 14.8 Å². The summed E-state index contributed by atoms with van der Waals surface area (Å²) in [5.74, 6) is 1.90. The molecule has 0 aliphatic rings. The molecule has 1 N–H and O–H groups in total. The molecule has 0 fully saturated rings. The summed E-state index contributed by atoms with van der Waals surface area (Å²) in [5.41, 5.74) is 3.28. The van der Waals surface area contributed by atoms with Crippen LogP contribution in [0.2, 0.25) is 0 Å². The Bertz CT molecular complexity index is 753. The van der Waals surface area contributed by atoms with E-state index in [4.69, 9.17) is 9.47 Å². The van der Waals surface area contributed by atoms with Gasteiger partial charge in [-0.2, -0.15) is 0 Å². The van der Waals surface area contributed by atoms with Crippen molar-refractivity contribution in [3.63, 3.8) is 0 Å². The van der Waals surface area contributed by atoms with Gasteiger partial charge >= 0.3 is 0 Å². The largest absolute Gasteiger partial charge is 0.497 e. The highest BCUT2D eigenvalue weighted by molar-refractivity contribution is 5.81. The zero-order chi connectivity index (χ0) is 20.0. The number of aryl methyl sites for hydroxylation is 1. The molecule has 0 unspecified atom stereocenters. The van der Waals surface area contributed by atoms with Gasteiger partial charge in [0.05, 0.1) is 13.2 Å².